The fourth-order valence-corrected chi connectivity index (χ4v) is 2.92. The molecule has 3 rings (SSSR count). The average Bonchev–Trinajstić information content (AvgIpc) is 3.16. The number of hydrogen-bond acceptors (Lipinski definition) is 4. The summed E-state index contributed by atoms with van der Waals surface area (Å²) < 4.78 is 5.06. The molecule has 0 saturated carbocycles. The molecule has 130 valence electrons. The second kappa shape index (κ2) is 7.21. The molecule has 1 aromatic heterocycles. The van der Waals surface area contributed by atoms with Crippen molar-refractivity contribution in [3.8, 4) is 0 Å². The van der Waals surface area contributed by atoms with Crippen molar-refractivity contribution in [3.05, 3.63) is 59.5 Å². The fraction of sp³-hybridized carbons (Fsp3) is 0.278. The molecule has 0 aliphatic carbocycles. The van der Waals surface area contributed by atoms with Crippen LogP contribution in [0.25, 0.3) is 0 Å². The van der Waals surface area contributed by atoms with E-state index in [0.29, 0.717) is 25.9 Å². The van der Waals surface area contributed by atoms with E-state index in [2.05, 4.69) is 5.32 Å². The van der Waals surface area contributed by atoms with Gasteiger partial charge < -0.3 is 19.7 Å². The first kappa shape index (κ1) is 16.8. The summed E-state index contributed by atoms with van der Waals surface area (Å²) in [7, 11) is 0. The van der Waals surface area contributed by atoms with Gasteiger partial charge in [-0.25, -0.2) is 4.79 Å². The van der Waals surface area contributed by atoms with E-state index in [9.17, 15) is 19.5 Å². The predicted octanol–water partition coefficient (Wildman–Crippen LogP) is 2.01. The summed E-state index contributed by atoms with van der Waals surface area (Å²) in [6.45, 7) is 0.909. The smallest absolute Gasteiger partial charge is 0.336 e. The van der Waals surface area contributed by atoms with Gasteiger partial charge in [-0.05, 0) is 37.1 Å². The molecule has 2 N–H and O–H groups in total. The number of benzene rings is 1. The zero-order valence-corrected chi connectivity index (χ0v) is 13.5. The molecule has 0 atom stereocenters. The van der Waals surface area contributed by atoms with Crippen molar-refractivity contribution < 1.29 is 23.9 Å². The molecule has 0 radical (unpaired) electrons. The summed E-state index contributed by atoms with van der Waals surface area (Å²) in [4.78, 5) is 37.5. The van der Waals surface area contributed by atoms with Crippen LogP contribution < -0.4 is 5.32 Å². The molecule has 7 nitrogen and oxygen atoms in total. The number of rotatable bonds is 4. The maximum Gasteiger partial charge on any atom is 0.336 e. The molecule has 1 aromatic carbocycles. The minimum absolute atomic E-state index is 0.000690. The maximum atomic E-state index is 12.6. The van der Waals surface area contributed by atoms with Gasteiger partial charge in [-0.1, -0.05) is 12.1 Å². The Morgan fingerprint density at radius 3 is 2.32 bits per heavy atom. The third-order valence-electron chi connectivity index (χ3n) is 4.25. The van der Waals surface area contributed by atoms with Crippen molar-refractivity contribution in [1.82, 2.24) is 10.2 Å². The molecule has 2 heterocycles. The van der Waals surface area contributed by atoms with Gasteiger partial charge in [0, 0.05) is 19.1 Å². The number of carboxylic acid groups (broad SMARTS) is 1. The lowest BCUT2D eigenvalue weighted by Gasteiger charge is -2.32. The Kier molecular flexibility index (Phi) is 4.83. The third kappa shape index (κ3) is 3.71. The van der Waals surface area contributed by atoms with Crippen molar-refractivity contribution in [2.45, 2.75) is 18.9 Å². The summed E-state index contributed by atoms with van der Waals surface area (Å²) in [6, 6.07) is 9.39. The summed E-state index contributed by atoms with van der Waals surface area (Å²) >= 11 is 0. The molecule has 1 aliphatic heterocycles. The van der Waals surface area contributed by atoms with Gasteiger partial charge in [-0.2, -0.15) is 0 Å². The van der Waals surface area contributed by atoms with E-state index in [4.69, 9.17) is 4.42 Å². The Labute approximate surface area is 144 Å². The van der Waals surface area contributed by atoms with Gasteiger partial charge in [-0.15, -0.1) is 0 Å². The quantitative estimate of drug-likeness (QED) is 0.885. The van der Waals surface area contributed by atoms with E-state index >= 15 is 0 Å². The molecule has 1 aliphatic rings. The monoisotopic (exact) mass is 342 g/mol. The Morgan fingerprint density at radius 1 is 1.04 bits per heavy atom. The van der Waals surface area contributed by atoms with Gasteiger partial charge in [0.1, 0.15) is 0 Å². The number of nitrogens with zero attached hydrogens (tertiary/aromatic N) is 1. The SMILES string of the molecule is O=C(NC1CCN(C(=O)c2ccccc2C(=O)O)CC1)c1ccco1. The van der Waals surface area contributed by atoms with Gasteiger partial charge in [0.05, 0.1) is 17.4 Å². The van der Waals surface area contributed by atoms with Gasteiger partial charge >= 0.3 is 5.97 Å². The zero-order chi connectivity index (χ0) is 17.8. The molecular weight excluding hydrogens is 324 g/mol. The van der Waals surface area contributed by atoms with Crippen LogP contribution in [0, 0.1) is 0 Å². The van der Waals surface area contributed by atoms with E-state index in [1.807, 2.05) is 0 Å². The zero-order valence-electron chi connectivity index (χ0n) is 13.5. The number of amides is 2. The summed E-state index contributed by atoms with van der Waals surface area (Å²) in [5.74, 6) is -1.43. The van der Waals surface area contributed by atoms with Crippen molar-refractivity contribution in [2.75, 3.05) is 13.1 Å². The predicted molar refractivity (Wildman–Crippen MR) is 88.5 cm³/mol. The van der Waals surface area contributed by atoms with Crippen LogP contribution in [0.5, 0.6) is 0 Å². The molecule has 1 saturated heterocycles. The van der Waals surface area contributed by atoms with Gasteiger partial charge in [0.25, 0.3) is 11.8 Å². The van der Waals surface area contributed by atoms with E-state index in [0.717, 1.165) is 0 Å². The van der Waals surface area contributed by atoms with Crippen LogP contribution in [0.3, 0.4) is 0 Å². The van der Waals surface area contributed by atoms with Crippen LogP contribution >= 0.6 is 0 Å². The molecular formula is C18H18N2O5. The standard InChI is InChI=1S/C18H18N2O5/c21-16(15-6-3-11-25-15)19-12-7-9-20(10-8-12)17(22)13-4-1-2-5-14(13)18(23)24/h1-6,11-12H,7-10H2,(H,19,21)(H,23,24). The minimum Gasteiger partial charge on any atom is -0.478 e. The number of aromatic carboxylic acids is 1. The van der Waals surface area contributed by atoms with Crippen LogP contribution in [0.15, 0.2) is 47.1 Å². The number of carbonyl (C=O) groups excluding carboxylic acids is 2. The maximum absolute atomic E-state index is 12.6. The first-order chi connectivity index (χ1) is 12.1. The normalized spacial score (nSPS) is 15.0. The molecule has 2 aromatic rings. The lowest BCUT2D eigenvalue weighted by molar-refractivity contribution is 0.0653. The lowest BCUT2D eigenvalue weighted by atomic mass is 10.0. The Morgan fingerprint density at radius 2 is 1.72 bits per heavy atom. The van der Waals surface area contributed by atoms with Gasteiger partial charge in [0.2, 0.25) is 0 Å². The van der Waals surface area contributed by atoms with Crippen molar-refractivity contribution in [3.63, 3.8) is 0 Å². The van der Waals surface area contributed by atoms with E-state index in [1.165, 1.54) is 18.4 Å². The summed E-state index contributed by atoms with van der Waals surface area (Å²) in [5.41, 5.74) is 0.189. The highest BCUT2D eigenvalue weighted by atomic mass is 16.4. The summed E-state index contributed by atoms with van der Waals surface area (Å²) in [5, 5.41) is 12.1. The minimum atomic E-state index is -1.12. The highest BCUT2D eigenvalue weighted by Crippen LogP contribution is 2.17. The lowest BCUT2D eigenvalue weighted by Crippen LogP contribution is -2.46. The van der Waals surface area contributed by atoms with Gasteiger partial charge in [0.15, 0.2) is 5.76 Å². The molecule has 2 amide bonds. The highest BCUT2D eigenvalue weighted by Gasteiger charge is 2.27. The molecule has 0 bridgehead atoms. The number of nitrogens with one attached hydrogen (secondary N) is 1. The summed E-state index contributed by atoms with van der Waals surface area (Å²) in [6.07, 6.45) is 2.65. The van der Waals surface area contributed by atoms with E-state index in [-0.39, 0.29) is 34.7 Å². The number of piperidine rings is 1. The molecule has 0 unspecified atom stereocenters. The topological polar surface area (TPSA) is 99.9 Å². The van der Waals surface area contributed by atoms with Crippen LogP contribution in [-0.4, -0.2) is 46.9 Å². The van der Waals surface area contributed by atoms with Crippen LogP contribution in [-0.2, 0) is 0 Å². The Balaban J connectivity index is 1.60. The van der Waals surface area contributed by atoms with Crippen molar-refractivity contribution in [1.29, 1.82) is 0 Å². The molecule has 1 fully saturated rings. The van der Waals surface area contributed by atoms with E-state index in [1.54, 1.807) is 29.2 Å². The second-order valence-electron chi connectivity index (χ2n) is 5.87. The number of likely N-dealkylation sites (tertiary alicyclic amines) is 1. The van der Waals surface area contributed by atoms with Crippen LogP contribution in [0.4, 0.5) is 0 Å². The third-order valence-corrected chi connectivity index (χ3v) is 4.25. The van der Waals surface area contributed by atoms with Crippen molar-refractivity contribution in [2.24, 2.45) is 0 Å². The highest BCUT2D eigenvalue weighted by molar-refractivity contribution is 6.04. The first-order valence-corrected chi connectivity index (χ1v) is 8.02. The Bertz CT molecular complexity index is 777. The van der Waals surface area contributed by atoms with E-state index < -0.39 is 5.97 Å². The molecule has 25 heavy (non-hydrogen) atoms. The van der Waals surface area contributed by atoms with Crippen LogP contribution in [0.2, 0.25) is 0 Å². The first-order valence-electron chi connectivity index (χ1n) is 8.02. The number of hydrogen-bond donors (Lipinski definition) is 2. The van der Waals surface area contributed by atoms with Gasteiger partial charge in [-0.3, -0.25) is 9.59 Å². The Hall–Kier alpha value is -3.09. The number of carboxylic acids is 1. The fourth-order valence-electron chi connectivity index (χ4n) is 2.92. The number of carbonyl (C=O) groups is 3. The van der Waals surface area contributed by atoms with Crippen LogP contribution in [0.1, 0.15) is 44.1 Å². The number of furan rings is 1. The van der Waals surface area contributed by atoms with Crippen molar-refractivity contribution >= 4 is 17.8 Å². The largest absolute Gasteiger partial charge is 0.478 e. The molecule has 7 heteroatoms. The average molecular weight is 342 g/mol. The molecule has 0 spiro atoms. The second-order valence-corrected chi connectivity index (χ2v) is 5.87.